The summed E-state index contributed by atoms with van der Waals surface area (Å²) in [6, 6.07) is 3.30. The maximum Gasteiger partial charge on any atom is 0.273 e. The first-order valence-corrected chi connectivity index (χ1v) is 5.92. The fraction of sp³-hybridized carbons (Fsp3) is 0.333. The average molecular weight is 262 g/mol. The number of nitrogens with zero attached hydrogens (tertiary/aromatic N) is 2. The Morgan fingerprint density at radius 2 is 2.05 bits per heavy atom. The molecule has 3 amide bonds. The minimum absolute atomic E-state index is 0.124. The van der Waals surface area contributed by atoms with E-state index in [1.165, 1.54) is 4.90 Å². The molecule has 0 radical (unpaired) electrons. The largest absolute Gasteiger partial charge is 0.384 e. The van der Waals surface area contributed by atoms with Crippen molar-refractivity contribution in [2.45, 2.75) is 6.92 Å². The topological polar surface area (TPSA) is 91.4 Å². The summed E-state index contributed by atoms with van der Waals surface area (Å²) in [6.45, 7) is 2.47. The molecule has 0 saturated carbocycles. The van der Waals surface area contributed by atoms with E-state index in [1.54, 1.807) is 18.3 Å². The summed E-state index contributed by atoms with van der Waals surface area (Å²) in [4.78, 5) is 39.7. The fourth-order valence-electron chi connectivity index (χ4n) is 1.77. The van der Waals surface area contributed by atoms with Crippen molar-refractivity contribution in [1.82, 2.24) is 15.2 Å². The highest BCUT2D eigenvalue weighted by Gasteiger charge is 2.27. The highest BCUT2D eigenvalue weighted by atomic mass is 16.2. The van der Waals surface area contributed by atoms with Crippen LogP contribution in [-0.4, -0.2) is 47.2 Å². The summed E-state index contributed by atoms with van der Waals surface area (Å²) in [5.41, 5.74) is 1.02. The lowest BCUT2D eigenvalue weighted by Crippen LogP contribution is -2.53. The molecule has 2 heterocycles. The first kappa shape index (κ1) is 13.0. The molecule has 0 bridgehead atoms. The standard InChI is InChI=1S/C12H14N4O3/c1-2-13-8-3-4-9(14-5-8)12(19)16-6-10(17)15-11(18)7-16/h3-5,13H,2,6-7H2,1H3,(H,15,17,18). The molecule has 0 unspecified atom stereocenters. The molecule has 1 aromatic rings. The van der Waals surface area contributed by atoms with E-state index in [0.29, 0.717) is 0 Å². The van der Waals surface area contributed by atoms with Gasteiger partial charge in [-0.1, -0.05) is 0 Å². The van der Waals surface area contributed by atoms with Crippen LogP contribution in [0.5, 0.6) is 0 Å². The predicted octanol–water partition coefficient (Wildman–Crippen LogP) is -0.388. The van der Waals surface area contributed by atoms with E-state index in [4.69, 9.17) is 0 Å². The van der Waals surface area contributed by atoms with E-state index >= 15 is 0 Å². The third-order valence-electron chi connectivity index (χ3n) is 2.60. The zero-order chi connectivity index (χ0) is 13.8. The van der Waals surface area contributed by atoms with Gasteiger partial charge in [-0.15, -0.1) is 0 Å². The number of hydrogen-bond acceptors (Lipinski definition) is 5. The molecule has 2 rings (SSSR count). The molecule has 1 saturated heterocycles. The van der Waals surface area contributed by atoms with Crippen LogP contribution in [0.3, 0.4) is 0 Å². The maximum absolute atomic E-state index is 12.1. The zero-order valence-corrected chi connectivity index (χ0v) is 10.5. The van der Waals surface area contributed by atoms with Gasteiger partial charge in [0.05, 0.1) is 11.9 Å². The average Bonchev–Trinajstić information content (AvgIpc) is 2.38. The predicted molar refractivity (Wildman–Crippen MR) is 67.5 cm³/mol. The highest BCUT2D eigenvalue weighted by Crippen LogP contribution is 2.09. The minimum atomic E-state index is -0.478. The number of carbonyl (C=O) groups is 3. The molecule has 7 heteroatoms. The van der Waals surface area contributed by atoms with Crippen molar-refractivity contribution in [3.05, 3.63) is 24.0 Å². The number of carbonyl (C=O) groups excluding carboxylic acids is 3. The number of nitrogens with one attached hydrogen (secondary N) is 2. The fourth-order valence-corrected chi connectivity index (χ4v) is 1.77. The van der Waals surface area contributed by atoms with Crippen LogP contribution in [0.15, 0.2) is 18.3 Å². The molecule has 100 valence electrons. The molecule has 0 spiro atoms. The molecule has 1 aliphatic heterocycles. The van der Waals surface area contributed by atoms with Gasteiger partial charge in [0.15, 0.2) is 0 Å². The van der Waals surface area contributed by atoms with E-state index in [-0.39, 0.29) is 18.8 Å². The third kappa shape index (κ3) is 3.06. The number of piperazine rings is 1. The van der Waals surface area contributed by atoms with Gasteiger partial charge in [-0.25, -0.2) is 4.98 Å². The van der Waals surface area contributed by atoms with Crippen molar-refractivity contribution in [3.63, 3.8) is 0 Å². The normalized spacial score (nSPS) is 15.1. The van der Waals surface area contributed by atoms with E-state index in [2.05, 4.69) is 15.6 Å². The second-order valence-corrected chi connectivity index (χ2v) is 4.10. The first-order valence-electron chi connectivity index (χ1n) is 5.92. The Morgan fingerprint density at radius 3 is 2.58 bits per heavy atom. The second kappa shape index (κ2) is 5.47. The van der Waals surface area contributed by atoms with Crippen LogP contribution in [0.2, 0.25) is 0 Å². The van der Waals surface area contributed by atoms with Gasteiger partial charge in [0.2, 0.25) is 11.8 Å². The van der Waals surface area contributed by atoms with Crippen molar-refractivity contribution in [3.8, 4) is 0 Å². The molecule has 19 heavy (non-hydrogen) atoms. The molecular weight excluding hydrogens is 248 g/mol. The van der Waals surface area contributed by atoms with Gasteiger partial charge < -0.3 is 10.2 Å². The van der Waals surface area contributed by atoms with E-state index in [0.717, 1.165) is 12.2 Å². The van der Waals surface area contributed by atoms with Crippen LogP contribution >= 0.6 is 0 Å². The van der Waals surface area contributed by atoms with Gasteiger partial charge in [0.1, 0.15) is 18.8 Å². The molecule has 0 aliphatic carbocycles. The van der Waals surface area contributed by atoms with Crippen molar-refractivity contribution < 1.29 is 14.4 Å². The van der Waals surface area contributed by atoms with Gasteiger partial charge in [-0.3, -0.25) is 19.7 Å². The number of hydrogen-bond donors (Lipinski definition) is 2. The first-order chi connectivity index (χ1) is 9.10. The van der Waals surface area contributed by atoms with E-state index in [1.807, 2.05) is 6.92 Å². The summed E-state index contributed by atoms with van der Waals surface area (Å²) in [5.74, 6) is -1.38. The van der Waals surface area contributed by atoms with Gasteiger partial charge in [0.25, 0.3) is 5.91 Å². The van der Waals surface area contributed by atoms with Crippen molar-refractivity contribution in [1.29, 1.82) is 0 Å². The Hall–Kier alpha value is -2.44. The van der Waals surface area contributed by atoms with Crippen molar-refractivity contribution in [2.24, 2.45) is 0 Å². The van der Waals surface area contributed by atoms with Gasteiger partial charge in [-0.05, 0) is 19.1 Å². The third-order valence-corrected chi connectivity index (χ3v) is 2.60. The lowest BCUT2D eigenvalue weighted by Gasteiger charge is -2.25. The highest BCUT2D eigenvalue weighted by molar-refractivity contribution is 6.05. The Morgan fingerprint density at radius 1 is 1.37 bits per heavy atom. The zero-order valence-electron chi connectivity index (χ0n) is 10.5. The lowest BCUT2D eigenvalue weighted by atomic mass is 10.2. The number of rotatable bonds is 3. The molecule has 1 aromatic heterocycles. The Labute approximate surface area is 110 Å². The van der Waals surface area contributed by atoms with Crippen LogP contribution in [0.25, 0.3) is 0 Å². The Kier molecular flexibility index (Phi) is 3.74. The number of imide groups is 1. The summed E-state index contributed by atoms with van der Waals surface area (Å²) < 4.78 is 0. The quantitative estimate of drug-likeness (QED) is 0.724. The van der Waals surface area contributed by atoms with Crippen LogP contribution in [0.1, 0.15) is 17.4 Å². The second-order valence-electron chi connectivity index (χ2n) is 4.10. The van der Waals surface area contributed by atoms with Crippen LogP contribution in [-0.2, 0) is 9.59 Å². The van der Waals surface area contributed by atoms with Crippen molar-refractivity contribution >= 4 is 23.4 Å². The summed E-state index contributed by atoms with van der Waals surface area (Å²) in [5, 5.41) is 5.20. The molecule has 1 aliphatic rings. The molecule has 0 aromatic carbocycles. The molecular formula is C12H14N4O3. The molecule has 1 fully saturated rings. The number of pyridine rings is 1. The number of amides is 3. The van der Waals surface area contributed by atoms with E-state index < -0.39 is 17.7 Å². The Balaban J connectivity index is 2.10. The summed E-state index contributed by atoms with van der Waals surface area (Å²) in [7, 11) is 0. The van der Waals surface area contributed by atoms with Gasteiger partial charge >= 0.3 is 0 Å². The van der Waals surface area contributed by atoms with E-state index in [9.17, 15) is 14.4 Å². The van der Waals surface area contributed by atoms with Gasteiger partial charge in [-0.2, -0.15) is 0 Å². The Bertz CT molecular complexity index is 496. The summed E-state index contributed by atoms with van der Waals surface area (Å²) in [6.07, 6.45) is 1.54. The van der Waals surface area contributed by atoms with Crippen LogP contribution in [0.4, 0.5) is 5.69 Å². The lowest BCUT2D eigenvalue weighted by molar-refractivity contribution is -0.135. The van der Waals surface area contributed by atoms with Crippen molar-refractivity contribution in [2.75, 3.05) is 25.0 Å². The van der Waals surface area contributed by atoms with Crippen LogP contribution < -0.4 is 10.6 Å². The minimum Gasteiger partial charge on any atom is -0.384 e. The van der Waals surface area contributed by atoms with Crippen LogP contribution in [0, 0.1) is 0 Å². The summed E-state index contributed by atoms with van der Waals surface area (Å²) >= 11 is 0. The van der Waals surface area contributed by atoms with Gasteiger partial charge in [0, 0.05) is 6.54 Å². The molecule has 7 nitrogen and oxygen atoms in total. The number of aromatic nitrogens is 1. The monoisotopic (exact) mass is 262 g/mol. The maximum atomic E-state index is 12.1. The molecule has 0 atom stereocenters. The number of anilines is 1. The smallest absolute Gasteiger partial charge is 0.273 e. The molecule has 2 N–H and O–H groups in total. The SMILES string of the molecule is CCNc1ccc(C(=O)N2CC(=O)NC(=O)C2)nc1.